The minimum atomic E-state index is 0.0403. The maximum Gasteiger partial charge on any atom is 0.246 e. The highest BCUT2D eigenvalue weighted by molar-refractivity contribution is 5.89. The number of likely N-dealkylation sites (tertiary alicyclic amines) is 1. The van der Waals surface area contributed by atoms with Crippen LogP contribution in [-0.2, 0) is 4.79 Å². The SMILES string of the molecule is COc1ccccc1OCC#Cc1cc2c(NC3CCN(C(=O)C=CCN(C)C)C3)ncnc2[nH]1. The van der Waals surface area contributed by atoms with Crippen LogP contribution < -0.4 is 14.8 Å². The molecule has 3 heterocycles. The highest BCUT2D eigenvalue weighted by Crippen LogP contribution is 2.26. The molecule has 1 atom stereocenters. The minimum absolute atomic E-state index is 0.0403. The van der Waals surface area contributed by atoms with Crippen LogP contribution in [0.1, 0.15) is 12.1 Å². The summed E-state index contributed by atoms with van der Waals surface area (Å²) in [5.41, 5.74) is 1.43. The molecule has 9 nitrogen and oxygen atoms in total. The third kappa shape index (κ3) is 6.31. The summed E-state index contributed by atoms with van der Waals surface area (Å²) < 4.78 is 11.0. The van der Waals surface area contributed by atoms with E-state index in [4.69, 9.17) is 9.47 Å². The van der Waals surface area contributed by atoms with E-state index in [0.29, 0.717) is 30.2 Å². The number of para-hydroxylation sites is 2. The molecular formula is C26H30N6O3. The Morgan fingerprint density at radius 2 is 2.14 bits per heavy atom. The standard InChI is InChI=1S/C26H30N6O3/c1-31(2)13-6-11-24(33)32-14-12-20(17-32)30-26-21-16-19(29-25(21)27-18-28-26)8-7-15-35-23-10-5-4-9-22(23)34-3/h4-6,9-11,16,18,20H,12-15,17H2,1-3H3,(H2,27,28,29,30). The average Bonchev–Trinajstić information content (AvgIpc) is 3.49. The van der Waals surface area contributed by atoms with Crippen molar-refractivity contribution in [1.82, 2.24) is 24.8 Å². The molecule has 0 radical (unpaired) electrons. The molecule has 4 rings (SSSR count). The number of benzene rings is 1. The van der Waals surface area contributed by atoms with Crippen LogP contribution in [0, 0.1) is 11.8 Å². The molecule has 1 aromatic carbocycles. The predicted molar refractivity (Wildman–Crippen MR) is 136 cm³/mol. The van der Waals surface area contributed by atoms with Gasteiger partial charge in [0.2, 0.25) is 5.91 Å². The van der Waals surface area contributed by atoms with Crippen molar-refractivity contribution in [3.8, 4) is 23.3 Å². The first-order chi connectivity index (χ1) is 17.0. The van der Waals surface area contributed by atoms with E-state index in [2.05, 4.69) is 32.1 Å². The quantitative estimate of drug-likeness (QED) is 0.383. The number of carbonyl (C=O) groups is 1. The van der Waals surface area contributed by atoms with Gasteiger partial charge >= 0.3 is 0 Å². The van der Waals surface area contributed by atoms with Gasteiger partial charge in [0.1, 0.15) is 24.4 Å². The zero-order valence-electron chi connectivity index (χ0n) is 20.2. The number of likely N-dealkylation sites (N-methyl/N-ethyl adjacent to an activating group) is 1. The fraction of sp³-hybridized carbons (Fsp3) is 0.346. The molecule has 35 heavy (non-hydrogen) atoms. The van der Waals surface area contributed by atoms with Crippen molar-refractivity contribution in [3.63, 3.8) is 0 Å². The number of hydrogen-bond acceptors (Lipinski definition) is 7. The van der Waals surface area contributed by atoms with E-state index in [1.54, 1.807) is 13.2 Å². The van der Waals surface area contributed by atoms with Crippen LogP contribution in [0.2, 0.25) is 0 Å². The number of methoxy groups -OCH3 is 1. The van der Waals surface area contributed by atoms with E-state index in [1.165, 1.54) is 6.33 Å². The van der Waals surface area contributed by atoms with Crippen LogP contribution in [0.4, 0.5) is 5.82 Å². The van der Waals surface area contributed by atoms with E-state index >= 15 is 0 Å². The molecule has 1 amide bonds. The van der Waals surface area contributed by atoms with Crippen molar-refractivity contribution >= 4 is 22.8 Å². The largest absolute Gasteiger partial charge is 0.493 e. The van der Waals surface area contributed by atoms with Gasteiger partial charge in [-0.1, -0.05) is 24.1 Å². The molecular weight excluding hydrogens is 444 g/mol. The van der Waals surface area contributed by atoms with E-state index in [-0.39, 0.29) is 18.6 Å². The summed E-state index contributed by atoms with van der Waals surface area (Å²) >= 11 is 0. The van der Waals surface area contributed by atoms with Crippen LogP contribution in [0.15, 0.2) is 48.8 Å². The fourth-order valence-corrected chi connectivity index (χ4v) is 3.85. The summed E-state index contributed by atoms with van der Waals surface area (Å²) in [6, 6.07) is 9.51. The van der Waals surface area contributed by atoms with Crippen molar-refractivity contribution < 1.29 is 14.3 Å². The van der Waals surface area contributed by atoms with Gasteiger partial charge in [0.25, 0.3) is 0 Å². The normalized spacial score (nSPS) is 15.4. The lowest BCUT2D eigenvalue weighted by Crippen LogP contribution is -2.30. The summed E-state index contributed by atoms with van der Waals surface area (Å²) in [7, 11) is 5.55. The van der Waals surface area contributed by atoms with Crippen LogP contribution in [0.3, 0.4) is 0 Å². The minimum Gasteiger partial charge on any atom is -0.493 e. The first-order valence-electron chi connectivity index (χ1n) is 11.5. The molecule has 0 saturated carbocycles. The summed E-state index contributed by atoms with van der Waals surface area (Å²) in [4.78, 5) is 28.3. The van der Waals surface area contributed by atoms with Gasteiger partial charge in [-0.3, -0.25) is 4.79 Å². The molecule has 1 aliphatic heterocycles. The molecule has 2 aromatic heterocycles. The van der Waals surface area contributed by atoms with Gasteiger partial charge in [0, 0.05) is 31.8 Å². The zero-order valence-corrected chi connectivity index (χ0v) is 20.2. The van der Waals surface area contributed by atoms with Gasteiger partial charge in [-0.25, -0.2) is 9.97 Å². The Hall–Kier alpha value is -4.03. The van der Waals surface area contributed by atoms with Crippen molar-refractivity contribution in [3.05, 3.63) is 54.5 Å². The number of fused-ring (bicyclic) bond motifs is 1. The third-order valence-corrected chi connectivity index (χ3v) is 5.59. The fourth-order valence-electron chi connectivity index (χ4n) is 3.85. The molecule has 9 heteroatoms. The Kier molecular flexibility index (Phi) is 7.85. The number of aromatic amines is 1. The molecule has 1 saturated heterocycles. The summed E-state index contributed by atoms with van der Waals surface area (Å²) in [5, 5.41) is 4.33. The molecule has 2 N–H and O–H groups in total. The second-order valence-electron chi connectivity index (χ2n) is 8.49. The average molecular weight is 475 g/mol. The number of hydrogen-bond donors (Lipinski definition) is 2. The summed E-state index contributed by atoms with van der Waals surface area (Å²) in [6.07, 6.45) is 5.92. The second kappa shape index (κ2) is 11.4. The van der Waals surface area contributed by atoms with Crippen LogP contribution in [-0.4, -0.2) is 84.1 Å². The number of carbonyl (C=O) groups excluding carboxylic acids is 1. The monoisotopic (exact) mass is 474 g/mol. The topological polar surface area (TPSA) is 95.6 Å². The van der Waals surface area contributed by atoms with Gasteiger partial charge in [-0.15, -0.1) is 0 Å². The summed E-state index contributed by atoms with van der Waals surface area (Å²) in [6.45, 7) is 2.31. The van der Waals surface area contributed by atoms with Crippen LogP contribution in [0.25, 0.3) is 11.0 Å². The highest BCUT2D eigenvalue weighted by Gasteiger charge is 2.25. The maximum absolute atomic E-state index is 12.4. The van der Waals surface area contributed by atoms with E-state index < -0.39 is 0 Å². The van der Waals surface area contributed by atoms with Crippen molar-refractivity contribution in [1.29, 1.82) is 0 Å². The lowest BCUT2D eigenvalue weighted by Gasteiger charge is -2.16. The molecule has 1 unspecified atom stereocenters. The smallest absolute Gasteiger partial charge is 0.246 e. The number of anilines is 1. The Bertz CT molecular complexity index is 1260. The zero-order chi connectivity index (χ0) is 24.6. The first-order valence-corrected chi connectivity index (χ1v) is 11.5. The Morgan fingerprint density at radius 3 is 2.94 bits per heavy atom. The van der Waals surface area contributed by atoms with Crippen molar-refractivity contribution in [2.24, 2.45) is 0 Å². The highest BCUT2D eigenvalue weighted by atomic mass is 16.5. The van der Waals surface area contributed by atoms with Gasteiger partial charge in [0.15, 0.2) is 11.5 Å². The van der Waals surface area contributed by atoms with E-state index in [1.807, 2.05) is 60.3 Å². The molecule has 1 aliphatic rings. The first kappa shape index (κ1) is 24.1. The van der Waals surface area contributed by atoms with Crippen molar-refractivity contribution in [2.45, 2.75) is 12.5 Å². The molecule has 0 spiro atoms. The number of nitrogens with one attached hydrogen (secondary N) is 2. The maximum atomic E-state index is 12.4. The lowest BCUT2D eigenvalue weighted by molar-refractivity contribution is -0.125. The number of amides is 1. The molecule has 0 bridgehead atoms. The predicted octanol–water partition coefficient (Wildman–Crippen LogP) is 2.53. The van der Waals surface area contributed by atoms with E-state index in [9.17, 15) is 4.79 Å². The van der Waals surface area contributed by atoms with Gasteiger partial charge in [-0.05, 0) is 44.6 Å². The van der Waals surface area contributed by atoms with E-state index in [0.717, 1.165) is 29.9 Å². The Labute approximate surface area is 205 Å². The van der Waals surface area contributed by atoms with Gasteiger partial charge in [0.05, 0.1) is 18.2 Å². The number of rotatable bonds is 8. The molecule has 3 aromatic rings. The number of ether oxygens (including phenoxy) is 2. The van der Waals surface area contributed by atoms with Crippen LogP contribution >= 0.6 is 0 Å². The van der Waals surface area contributed by atoms with Crippen molar-refractivity contribution in [2.75, 3.05) is 52.8 Å². The Morgan fingerprint density at radius 1 is 1.31 bits per heavy atom. The van der Waals surface area contributed by atoms with Gasteiger partial charge in [-0.2, -0.15) is 0 Å². The lowest BCUT2D eigenvalue weighted by atomic mass is 10.2. The molecule has 1 fully saturated rings. The number of nitrogens with zero attached hydrogens (tertiary/aromatic N) is 4. The van der Waals surface area contributed by atoms with Gasteiger partial charge < -0.3 is 29.6 Å². The molecule has 182 valence electrons. The summed E-state index contributed by atoms with van der Waals surface area (Å²) in [5.74, 6) is 8.18. The number of aromatic nitrogens is 3. The number of H-pyrrole nitrogens is 1. The van der Waals surface area contributed by atoms with Crippen LogP contribution in [0.5, 0.6) is 11.5 Å². The Balaban J connectivity index is 1.37. The molecule has 0 aliphatic carbocycles. The second-order valence-corrected chi connectivity index (χ2v) is 8.49. The third-order valence-electron chi connectivity index (χ3n) is 5.59.